The van der Waals surface area contributed by atoms with Crippen molar-refractivity contribution in [2.24, 2.45) is 0 Å². The van der Waals surface area contributed by atoms with Gasteiger partial charge in [-0.05, 0) is 24.1 Å². The van der Waals surface area contributed by atoms with Gasteiger partial charge in [0.25, 0.3) is 0 Å². The average molecular weight is 303 g/mol. The van der Waals surface area contributed by atoms with Crippen LogP contribution in [0.4, 0.5) is 0 Å². The monoisotopic (exact) mass is 303 g/mol. The molecule has 0 unspecified atom stereocenters. The Morgan fingerprint density at radius 2 is 1.95 bits per heavy atom. The molecule has 1 aromatic rings. The fraction of sp³-hybridized carbons (Fsp3) is 0.417. The summed E-state index contributed by atoms with van der Waals surface area (Å²) < 4.78 is 30.3. The summed E-state index contributed by atoms with van der Waals surface area (Å²) >= 11 is 0. The Labute approximate surface area is 117 Å². The zero-order valence-corrected chi connectivity index (χ0v) is 11.8. The molecule has 1 aromatic carbocycles. The molecule has 0 saturated heterocycles. The fourth-order valence-corrected chi connectivity index (χ4v) is 2.72. The van der Waals surface area contributed by atoms with Crippen LogP contribution in [0.1, 0.15) is 5.56 Å². The number of methoxy groups -OCH3 is 1. The van der Waals surface area contributed by atoms with E-state index in [-0.39, 0.29) is 12.2 Å². The number of aliphatic carboxylic acids is 1. The normalized spacial score (nSPS) is 12.9. The van der Waals surface area contributed by atoms with Gasteiger partial charge in [0.1, 0.15) is 11.8 Å². The largest absolute Gasteiger partial charge is 0.497 e. The van der Waals surface area contributed by atoms with Crippen molar-refractivity contribution in [3.8, 4) is 5.75 Å². The molecule has 0 saturated carbocycles. The van der Waals surface area contributed by atoms with Gasteiger partial charge in [0, 0.05) is 0 Å². The van der Waals surface area contributed by atoms with Crippen molar-refractivity contribution in [1.82, 2.24) is 4.72 Å². The number of aliphatic hydroxyl groups excluding tert-OH is 1. The zero-order valence-electron chi connectivity index (χ0n) is 10.9. The Bertz CT molecular complexity index is 540. The van der Waals surface area contributed by atoms with E-state index in [1.54, 1.807) is 24.3 Å². The van der Waals surface area contributed by atoms with E-state index in [1.165, 1.54) is 7.11 Å². The number of carboxylic acids is 1. The van der Waals surface area contributed by atoms with Gasteiger partial charge in [0.2, 0.25) is 10.0 Å². The number of ether oxygens (including phenoxy) is 1. The molecule has 0 amide bonds. The maximum atomic E-state index is 11.7. The highest BCUT2D eigenvalue weighted by atomic mass is 32.2. The van der Waals surface area contributed by atoms with Gasteiger partial charge >= 0.3 is 5.97 Å². The average Bonchev–Trinajstić information content (AvgIpc) is 2.43. The molecule has 0 bridgehead atoms. The molecule has 1 atom stereocenters. The van der Waals surface area contributed by atoms with Crippen LogP contribution in [0, 0.1) is 0 Å². The van der Waals surface area contributed by atoms with Gasteiger partial charge in [0.15, 0.2) is 0 Å². The number of carboxylic acid groups (broad SMARTS) is 1. The van der Waals surface area contributed by atoms with Crippen LogP contribution in [0.2, 0.25) is 0 Å². The molecule has 0 radical (unpaired) electrons. The van der Waals surface area contributed by atoms with Gasteiger partial charge in [-0.15, -0.1) is 0 Å². The Morgan fingerprint density at radius 3 is 2.40 bits per heavy atom. The molecule has 0 spiro atoms. The molecule has 0 heterocycles. The van der Waals surface area contributed by atoms with Crippen LogP contribution in [0.3, 0.4) is 0 Å². The third-order valence-corrected chi connectivity index (χ3v) is 4.01. The van der Waals surface area contributed by atoms with Crippen LogP contribution in [0.5, 0.6) is 5.75 Å². The van der Waals surface area contributed by atoms with Crippen molar-refractivity contribution in [2.75, 3.05) is 19.5 Å². The van der Waals surface area contributed by atoms with Crippen LogP contribution in [0.15, 0.2) is 24.3 Å². The standard InChI is InChI=1S/C12H17NO6S/c1-19-10-4-2-9(3-5-10)6-7-20(17,18)13-11(8-14)12(15)16/h2-5,11,13-14H,6-8H2,1H3,(H,15,16)/t11-/m1/s1. The first-order valence-corrected chi connectivity index (χ1v) is 7.50. The molecular weight excluding hydrogens is 286 g/mol. The molecule has 0 aliphatic carbocycles. The van der Waals surface area contributed by atoms with Crippen molar-refractivity contribution in [3.63, 3.8) is 0 Å². The van der Waals surface area contributed by atoms with E-state index in [2.05, 4.69) is 0 Å². The minimum atomic E-state index is -3.77. The summed E-state index contributed by atoms with van der Waals surface area (Å²) in [5.74, 6) is -1.01. The van der Waals surface area contributed by atoms with E-state index in [0.717, 1.165) is 5.56 Å². The van der Waals surface area contributed by atoms with Crippen LogP contribution in [0.25, 0.3) is 0 Å². The molecule has 112 valence electrons. The van der Waals surface area contributed by atoms with Crippen molar-refractivity contribution >= 4 is 16.0 Å². The maximum absolute atomic E-state index is 11.7. The number of aliphatic hydroxyl groups is 1. The number of aryl methyl sites for hydroxylation is 1. The number of nitrogens with one attached hydrogen (secondary N) is 1. The fourth-order valence-electron chi connectivity index (χ4n) is 1.49. The summed E-state index contributed by atoms with van der Waals surface area (Å²) in [6, 6.07) is 5.37. The minimum absolute atomic E-state index is 0.233. The van der Waals surface area contributed by atoms with E-state index >= 15 is 0 Å². The molecule has 0 aliphatic rings. The van der Waals surface area contributed by atoms with Crippen LogP contribution in [-0.2, 0) is 21.2 Å². The van der Waals surface area contributed by atoms with Gasteiger partial charge in [-0.3, -0.25) is 4.79 Å². The lowest BCUT2D eigenvalue weighted by Crippen LogP contribution is -2.44. The van der Waals surface area contributed by atoms with E-state index in [9.17, 15) is 13.2 Å². The highest BCUT2D eigenvalue weighted by Gasteiger charge is 2.22. The van der Waals surface area contributed by atoms with Crippen LogP contribution < -0.4 is 9.46 Å². The van der Waals surface area contributed by atoms with Crippen LogP contribution >= 0.6 is 0 Å². The van der Waals surface area contributed by atoms with Gasteiger partial charge in [-0.1, -0.05) is 12.1 Å². The molecule has 7 nitrogen and oxygen atoms in total. The Kier molecular flexibility index (Phi) is 5.93. The Morgan fingerprint density at radius 1 is 1.35 bits per heavy atom. The summed E-state index contributed by atoms with van der Waals surface area (Å²) in [4.78, 5) is 10.7. The summed E-state index contributed by atoms with van der Waals surface area (Å²) in [6.45, 7) is -0.795. The zero-order chi connectivity index (χ0) is 15.2. The predicted octanol–water partition coefficient (Wildman–Crippen LogP) is -0.397. The predicted molar refractivity (Wildman–Crippen MR) is 72.1 cm³/mol. The highest BCUT2D eigenvalue weighted by Crippen LogP contribution is 2.12. The number of carbonyl (C=O) groups is 1. The molecule has 20 heavy (non-hydrogen) atoms. The Hall–Kier alpha value is -1.64. The number of sulfonamides is 1. The van der Waals surface area contributed by atoms with Gasteiger partial charge < -0.3 is 14.9 Å². The van der Waals surface area contributed by atoms with E-state index in [0.29, 0.717) is 5.75 Å². The number of benzene rings is 1. The number of hydrogen-bond acceptors (Lipinski definition) is 5. The third kappa shape index (κ3) is 5.16. The smallest absolute Gasteiger partial charge is 0.324 e. The first kappa shape index (κ1) is 16.4. The second-order valence-electron chi connectivity index (χ2n) is 4.11. The summed E-state index contributed by atoms with van der Waals surface area (Å²) in [5, 5.41) is 17.5. The van der Waals surface area contributed by atoms with Crippen molar-refractivity contribution in [2.45, 2.75) is 12.5 Å². The first-order chi connectivity index (χ1) is 9.38. The van der Waals surface area contributed by atoms with Crippen LogP contribution in [-0.4, -0.2) is 50.1 Å². The van der Waals surface area contributed by atoms with E-state index in [1.807, 2.05) is 4.72 Å². The summed E-state index contributed by atoms with van der Waals surface area (Å²) in [7, 11) is -2.24. The molecule has 0 aromatic heterocycles. The lowest BCUT2D eigenvalue weighted by Gasteiger charge is -2.12. The molecule has 3 N–H and O–H groups in total. The number of rotatable bonds is 8. The Balaban J connectivity index is 2.60. The van der Waals surface area contributed by atoms with Crippen molar-refractivity contribution in [3.05, 3.63) is 29.8 Å². The molecule has 0 aliphatic heterocycles. The van der Waals surface area contributed by atoms with Gasteiger partial charge in [0.05, 0.1) is 19.5 Å². The topological polar surface area (TPSA) is 113 Å². The number of hydrogen-bond donors (Lipinski definition) is 3. The second kappa shape index (κ2) is 7.22. The molecule has 8 heteroatoms. The highest BCUT2D eigenvalue weighted by molar-refractivity contribution is 7.89. The lowest BCUT2D eigenvalue weighted by molar-refractivity contribution is -0.139. The van der Waals surface area contributed by atoms with Crippen molar-refractivity contribution < 1.29 is 28.2 Å². The SMILES string of the molecule is COc1ccc(CCS(=O)(=O)N[C@H](CO)C(=O)O)cc1. The second-order valence-corrected chi connectivity index (χ2v) is 5.98. The quantitative estimate of drug-likeness (QED) is 0.602. The molecule has 0 fully saturated rings. The van der Waals surface area contributed by atoms with E-state index in [4.69, 9.17) is 14.9 Å². The third-order valence-electron chi connectivity index (χ3n) is 2.62. The summed E-state index contributed by atoms with van der Waals surface area (Å²) in [6.07, 6.45) is 0.233. The summed E-state index contributed by atoms with van der Waals surface area (Å²) in [5.41, 5.74) is 0.784. The first-order valence-electron chi connectivity index (χ1n) is 5.84. The minimum Gasteiger partial charge on any atom is -0.497 e. The van der Waals surface area contributed by atoms with Gasteiger partial charge in [-0.25, -0.2) is 8.42 Å². The maximum Gasteiger partial charge on any atom is 0.324 e. The molecular formula is C12H17NO6S. The molecule has 1 rings (SSSR count). The van der Waals surface area contributed by atoms with E-state index < -0.39 is 28.6 Å². The lowest BCUT2D eigenvalue weighted by atomic mass is 10.2. The van der Waals surface area contributed by atoms with Gasteiger partial charge in [-0.2, -0.15) is 4.72 Å². The van der Waals surface area contributed by atoms with Crippen molar-refractivity contribution in [1.29, 1.82) is 0 Å².